The molecular formula is C25H31N9O3. The molecule has 0 radical (unpaired) electrons. The molecule has 1 saturated heterocycles. The quantitative estimate of drug-likeness (QED) is 0.271. The fourth-order valence-corrected chi connectivity index (χ4v) is 4.62. The Balaban J connectivity index is 1.26. The summed E-state index contributed by atoms with van der Waals surface area (Å²) in [5.41, 5.74) is 8.74. The van der Waals surface area contributed by atoms with Crippen molar-refractivity contribution in [1.82, 2.24) is 33.6 Å². The summed E-state index contributed by atoms with van der Waals surface area (Å²) in [6, 6.07) is 8.17. The summed E-state index contributed by atoms with van der Waals surface area (Å²) in [4.78, 5) is 26.8. The van der Waals surface area contributed by atoms with Gasteiger partial charge in [-0.05, 0) is 37.1 Å². The Morgan fingerprint density at radius 2 is 1.78 bits per heavy atom. The molecule has 0 atom stereocenters. The van der Waals surface area contributed by atoms with Gasteiger partial charge in [-0.15, -0.1) is 5.10 Å². The number of hydrogen-bond acceptors (Lipinski definition) is 9. The van der Waals surface area contributed by atoms with Gasteiger partial charge >= 0.3 is 5.69 Å². The number of imidazole rings is 1. The maximum Gasteiger partial charge on any atom is 0.330 e. The van der Waals surface area contributed by atoms with Crippen molar-refractivity contribution in [2.45, 2.75) is 13.5 Å². The van der Waals surface area contributed by atoms with Gasteiger partial charge in [-0.25, -0.2) is 4.79 Å². The molecule has 37 heavy (non-hydrogen) atoms. The van der Waals surface area contributed by atoms with Gasteiger partial charge in [0, 0.05) is 59.1 Å². The van der Waals surface area contributed by atoms with Crippen LogP contribution < -0.4 is 21.1 Å². The zero-order chi connectivity index (χ0) is 25.9. The number of piperazine rings is 1. The molecule has 5 rings (SSSR count). The van der Waals surface area contributed by atoms with Crippen molar-refractivity contribution >= 4 is 28.4 Å². The fourth-order valence-electron chi connectivity index (χ4n) is 4.62. The third-order valence-electron chi connectivity index (χ3n) is 6.58. The lowest BCUT2D eigenvalue weighted by atomic mass is 10.2. The molecule has 0 bridgehead atoms. The lowest BCUT2D eigenvalue weighted by Crippen LogP contribution is -2.47. The fraction of sp³-hybridized carbons (Fsp3) is 0.440. The lowest BCUT2D eigenvalue weighted by molar-refractivity contribution is 0.146. The Bertz CT molecular complexity index is 1520. The highest BCUT2D eigenvalue weighted by Gasteiger charge is 2.22. The molecule has 2 N–H and O–H groups in total. The van der Waals surface area contributed by atoms with Crippen LogP contribution in [0.15, 0.2) is 29.1 Å². The summed E-state index contributed by atoms with van der Waals surface area (Å²) in [5.74, 6) is 6.97. The molecule has 1 aliphatic heterocycles. The second-order valence-electron chi connectivity index (χ2n) is 8.85. The summed E-state index contributed by atoms with van der Waals surface area (Å²) in [7, 11) is 3.37. The van der Waals surface area contributed by atoms with Crippen LogP contribution in [-0.4, -0.2) is 86.7 Å². The smallest absolute Gasteiger partial charge is 0.330 e. The highest BCUT2D eigenvalue weighted by Crippen LogP contribution is 2.21. The third-order valence-corrected chi connectivity index (χ3v) is 6.58. The standard InChI is InChI=1S/C25H31N9O3/c1-4-5-20-27-23-21-22(28-24(26)34(23)29-20)33(25(35)30(21)2)15-12-31-10-13-32(14-11-31)18-6-8-19(9-7-18)37-17-16-36-3/h6-9H,10-17H2,1-3H3,(H2,26,28). The number of ether oxygens (including phenoxy) is 2. The van der Waals surface area contributed by atoms with Crippen LogP contribution in [0.5, 0.6) is 5.75 Å². The normalized spacial score (nSPS) is 14.3. The van der Waals surface area contributed by atoms with E-state index in [-0.39, 0.29) is 11.6 Å². The lowest BCUT2D eigenvalue weighted by Gasteiger charge is -2.36. The topological polar surface area (TPSA) is 121 Å². The van der Waals surface area contributed by atoms with Crippen molar-refractivity contribution in [2.75, 3.05) is 63.7 Å². The number of aromatic nitrogens is 6. The summed E-state index contributed by atoms with van der Waals surface area (Å²) in [6.07, 6.45) is 0. The second kappa shape index (κ2) is 10.5. The second-order valence-corrected chi connectivity index (χ2v) is 8.85. The predicted molar refractivity (Wildman–Crippen MR) is 141 cm³/mol. The molecule has 0 unspecified atom stereocenters. The van der Waals surface area contributed by atoms with Crippen LogP contribution in [0.4, 0.5) is 11.6 Å². The molecular weight excluding hydrogens is 474 g/mol. The van der Waals surface area contributed by atoms with Crippen molar-refractivity contribution in [3.8, 4) is 17.6 Å². The van der Waals surface area contributed by atoms with E-state index in [9.17, 15) is 4.79 Å². The summed E-state index contributed by atoms with van der Waals surface area (Å²) in [5, 5.41) is 4.30. The van der Waals surface area contributed by atoms with Gasteiger partial charge in [-0.2, -0.15) is 14.5 Å². The first-order valence-electron chi connectivity index (χ1n) is 12.2. The Morgan fingerprint density at radius 1 is 1.03 bits per heavy atom. The van der Waals surface area contributed by atoms with E-state index in [0.717, 1.165) is 38.5 Å². The van der Waals surface area contributed by atoms with Gasteiger partial charge in [-0.1, -0.05) is 5.92 Å². The third kappa shape index (κ3) is 4.83. The molecule has 0 aliphatic carbocycles. The van der Waals surface area contributed by atoms with E-state index in [1.807, 2.05) is 12.1 Å². The SMILES string of the molecule is CC#Cc1nc2c3c(nc(N)n2n1)n(CCN1CCN(c2ccc(OCCOC)cc2)CC1)c(=O)n3C. The minimum atomic E-state index is -0.160. The number of rotatable bonds is 8. The number of hydrogen-bond donors (Lipinski definition) is 1. The van der Waals surface area contributed by atoms with Gasteiger partial charge < -0.3 is 20.1 Å². The molecule has 12 nitrogen and oxygen atoms in total. The number of nitrogens with two attached hydrogens (primary N) is 1. The minimum absolute atomic E-state index is 0.160. The molecule has 12 heteroatoms. The van der Waals surface area contributed by atoms with Crippen LogP contribution >= 0.6 is 0 Å². The monoisotopic (exact) mass is 505 g/mol. The van der Waals surface area contributed by atoms with Gasteiger partial charge in [0.25, 0.3) is 0 Å². The molecule has 0 saturated carbocycles. The van der Waals surface area contributed by atoms with Gasteiger partial charge in [0.05, 0.1) is 6.61 Å². The van der Waals surface area contributed by atoms with Gasteiger partial charge in [-0.3, -0.25) is 14.0 Å². The number of benzene rings is 1. The zero-order valence-corrected chi connectivity index (χ0v) is 21.3. The van der Waals surface area contributed by atoms with Crippen molar-refractivity contribution in [1.29, 1.82) is 0 Å². The first-order valence-corrected chi connectivity index (χ1v) is 12.2. The van der Waals surface area contributed by atoms with Crippen LogP contribution in [0.1, 0.15) is 12.7 Å². The maximum atomic E-state index is 13.1. The number of nitrogens with zero attached hydrogens (tertiary/aromatic N) is 8. The van der Waals surface area contributed by atoms with E-state index >= 15 is 0 Å². The average Bonchev–Trinajstić information content (AvgIpc) is 3.43. The van der Waals surface area contributed by atoms with Crippen molar-refractivity contribution in [2.24, 2.45) is 7.05 Å². The summed E-state index contributed by atoms with van der Waals surface area (Å²) < 4.78 is 15.3. The van der Waals surface area contributed by atoms with Crippen LogP contribution in [0, 0.1) is 11.8 Å². The van der Waals surface area contributed by atoms with Crippen molar-refractivity contribution in [3.05, 3.63) is 40.6 Å². The van der Waals surface area contributed by atoms with E-state index in [0.29, 0.717) is 42.4 Å². The van der Waals surface area contributed by atoms with E-state index < -0.39 is 0 Å². The first kappa shape index (κ1) is 24.6. The molecule has 194 valence electrons. The minimum Gasteiger partial charge on any atom is -0.491 e. The molecule has 0 amide bonds. The zero-order valence-electron chi connectivity index (χ0n) is 21.3. The Morgan fingerprint density at radius 3 is 2.49 bits per heavy atom. The van der Waals surface area contributed by atoms with Crippen molar-refractivity contribution in [3.63, 3.8) is 0 Å². The average molecular weight is 506 g/mol. The summed E-state index contributed by atoms with van der Waals surface area (Å²) in [6.45, 7) is 7.65. The summed E-state index contributed by atoms with van der Waals surface area (Å²) >= 11 is 0. The van der Waals surface area contributed by atoms with E-state index in [2.05, 4.69) is 48.8 Å². The number of aryl methyl sites for hydroxylation is 1. The molecule has 3 aromatic heterocycles. The molecule has 4 heterocycles. The molecule has 0 spiro atoms. The number of fused-ring (bicyclic) bond motifs is 3. The number of methoxy groups -OCH3 is 1. The van der Waals surface area contributed by atoms with E-state index in [4.69, 9.17) is 15.2 Å². The van der Waals surface area contributed by atoms with Gasteiger partial charge in [0.15, 0.2) is 11.3 Å². The van der Waals surface area contributed by atoms with E-state index in [1.54, 1.807) is 30.2 Å². The molecule has 1 aromatic carbocycles. The first-order chi connectivity index (χ1) is 18.0. The molecule has 1 aliphatic rings. The molecule has 1 fully saturated rings. The van der Waals surface area contributed by atoms with E-state index in [1.165, 1.54) is 10.2 Å². The van der Waals surface area contributed by atoms with Gasteiger partial charge in [0.1, 0.15) is 17.9 Å². The highest BCUT2D eigenvalue weighted by atomic mass is 16.5. The number of nitrogen functional groups attached to an aromatic ring is 1. The largest absolute Gasteiger partial charge is 0.491 e. The van der Waals surface area contributed by atoms with Gasteiger partial charge in [0.2, 0.25) is 11.8 Å². The van der Waals surface area contributed by atoms with Crippen LogP contribution in [-0.2, 0) is 18.3 Å². The van der Waals surface area contributed by atoms with Crippen LogP contribution in [0.2, 0.25) is 0 Å². The highest BCUT2D eigenvalue weighted by molar-refractivity contribution is 5.87. The molecule has 4 aromatic rings. The van der Waals surface area contributed by atoms with Crippen molar-refractivity contribution < 1.29 is 9.47 Å². The predicted octanol–water partition coefficient (Wildman–Crippen LogP) is 0.579. The van der Waals surface area contributed by atoms with Crippen LogP contribution in [0.3, 0.4) is 0 Å². The Labute approximate surface area is 214 Å². The number of anilines is 2. The Hall–Kier alpha value is -4.08. The maximum absolute atomic E-state index is 13.1. The van der Waals surface area contributed by atoms with Crippen LogP contribution in [0.25, 0.3) is 16.8 Å². The Kier molecular flexibility index (Phi) is 6.98.